The highest BCUT2D eigenvalue weighted by Crippen LogP contribution is 2.45. The van der Waals surface area contributed by atoms with Crippen LogP contribution in [0.15, 0.2) is 48.3 Å². The fourth-order valence-corrected chi connectivity index (χ4v) is 5.37. The molecule has 7 heteroatoms. The predicted molar refractivity (Wildman–Crippen MR) is 114 cm³/mol. The topological polar surface area (TPSA) is 55.5 Å². The number of hydrogen-bond acceptors (Lipinski definition) is 4. The minimum atomic E-state index is 0.0654. The Bertz CT molecular complexity index is 1030. The van der Waals surface area contributed by atoms with E-state index in [1.807, 2.05) is 24.1 Å². The molecule has 144 valence electrons. The predicted octanol–water partition coefficient (Wildman–Crippen LogP) is 2.72. The average Bonchev–Trinajstić information content (AvgIpc) is 3.07. The van der Waals surface area contributed by atoms with Crippen LogP contribution in [0.2, 0.25) is 0 Å². The number of piperazine rings is 1. The number of H-pyrrole nitrogens is 1. The van der Waals surface area contributed by atoms with E-state index in [1.165, 1.54) is 0 Å². The molecule has 2 atom stereocenters. The molecule has 3 aliphatic rings. The van der Waals surface area contributed by atoms with E-state index in [1.54, 1.807) is 6.08 Å². The van der Waals surface area contributed by atoms with E-state index in [4.69, 9.17) is 0 Å². The Balaban J connectivity index is 1.40. The van der Waals surface area contributed by atoms with Crippen LogP contribution in [0.25, 0.3) is 16.3 Å². The molecule has 1 fully saturated rings. The van der Waals surface area contributed by atoms with Crippen molar-refractivity contribution in [1.29, 1.82) is 0 Å². The lowest BCUT2D eigenvalue weighted by Crippen LogP contribution is -2.45. The highest BCUT2D eigenvalue weighted by Gasteiger charge is 2.30. The van der Waals surface area contributed by atoms with Crippen molar-refractivity contribution in [3.8, 4) is 0 Å². The van der Waals surface area contributed by atoms with Gasteiger partial charge in [-0.3, -0.25) is 4.79 Å². The minimum Gasteiger partial charge on any atom is -0.368 e. The number of hydrogen-bond donors (Lipinski definition) is 1. The molecule has 5 rings (SSSR count). The molecule has 0 saturated carbocycles. The molecule has 4 heterocycles. The average molecular weight is 393 g/mol. The number of nitrogens with one attached hydrogen (secondary N) is 1. The first-order valence-corrected chi connectivity index (χ1v) is 10.8. The Morgan fingerprint density at radius 3 is 2.86 bits per heavy atom. The van der Waals surface area contributed by atoms with Crippen LogP contribution in [-0.4, -0.2) is 69.6 Å². The summed E-state index contributed by atoms with van der Waals surface area (Å²) in [5.74, 6) is 1.09. The molecule has 1 saturated heterocycles. The maximum atomic E-state index is 12.9. The number of aromatic amines is 1. The molecule has 3 aliphatic heterocycles. The first-order valence-electron chi connectivity index (χ1n) is 9.68. The van der Waals surface area contributed by atoms with Crippen LogP contribution in [0, 0.1) is 6.92 Å². The van der Waals surface area contributed by atoms with Gasteiger partial charge in [0.15, 0.2) is 0 Å². The van der Waals surface area contributed by atoms with E-state index in [0.717, 1.165) is 59.6 Å². The van der Waals surface area contributed by atoms with Crippen LogP contribution < -0.4 is 0 Å². The molecule has 0 spiro atoms. The standard InChI is InChI=1S/C21H24N5OP/c1-14-22-17-5-3-15(11-18(17)23-14)19-12-20(27)26-13-16(4-6-21(26)28-19)25-9-7-24(2)8-10-25/h3-6,11-13,21,28H,7-10H2,1-2H3,(H,22,23). The van der Waals surface area contributed by atoms with Gasteiger partial charge in [-0.25, -0.2) is 4.98 Å². The lowest BCUT2D eigenvalue weighted by molar-refractivity contribution is -0.123. The van der Waals surface area contributed by atoms with Gasteiger partial charge in [0.1, 0.15) is 5.82 Å². The normalized spacial score (nSPS) is 23.9. The SMILES string of the molecule is Cc1nc2ccc(C3=CC(=O)N4C=C(N5CCN(C)CC5)C=CC4P3)cc2[nH]1. The van der Waals surface area contributed by atoms with Crippen LogP contribution in [0.4, 0.5) is 0 Å². The third-order valence-corrected chi connectivity index (χ3v) is 7.14. The lowest BCUT2D eigenvalue weighted by atomic mass is 10.1. The number of nitrogens with zero attached hydrogens (tertiary/aromatic N) is 4. The molecule has 0 bridgehead atoms. The Labute approximate surface area is 166 Å². The van der Waals surface area contributed by atoms with Crippen molar-refractivity contribution in [3.05, 3.63) is 59.7 Å². The van der Waals surface area contributed by atoms with Gasteiger partial charge < -0.3 is 19.7 Å². The second kappa shape index (κ2) is 6.87. The molecule has 2 aromatic rings. The number of rotatable bonds is 2. The van der Waals surface area contributed by atoms with E-state index < -0.39 is 0 Å². The number of carbonyl (C=O) groups is 1. The number of likely N-dealkylation sites (N-methyl/N-ethyl adjacent to an activating group) is 1. The van der Waals surface area contributed by atoms with Crippen molar-refractivity contribution in [2.24, 2.45) is 0 Å². The van der Waals surface area contributed by atoms with Gasteiger partial charge in [0.05, 0.1) is 22.5 Å². The largest absolute Gasteiger partial charge is 0.368 e. The summed E-state index contributed by atoms with van der Waals surface area (Å²) in [7, 11) is 2.69. The molecule has 2 unspecified atom stereocenters. The number of amides is 1. The number of benzene rings is 1. The van der Waals surface area contributed by atoms with Crippen molar-refractivity contribution in [2.45, 2.75) is 12.7 Å². The fourth-order valence-electron chi connectivity index (χ4n) is 3.99. The van der Waals surface area contributed by atoms with E-state index in [0.29, 0.717) is 8.58 Å². The highest BCUT2D eigenvalue weighted by molar-refractivity contribution is 7.51. The molecule has 28 heavy (non-hydrogen) atoms. The number of aromatic nitrogens is 2. The first-order chi connectivity index (χ1) is 13.6. The Hall–Kier alpha value is -2.43. The molecule has 0 radical (unpaired) electrons. The molecular weight excluding hydrogens is 369 g/mol. The van der Waals surface area contributed by atoms with Gasteiger partial charge in [-0.1, -0.05) is 20.7 Å². The summed E-state index contributed by atoms with van der Waals surface area (Å²) in [5.41, 5.74) is 4.23. The number of allylic oxidation sites excluding steroid dienone is 1. The lowest BCUT2D eigenvalue weighted by Gasteiger charge is -2.39. The summed E-state index contributed by atoms with van der Waals surface area (Å²) in [5, 5.41) is 1.11. The van der Waals surface area contributed by atoms with Crippen molar-refractivity contribution < 1.29 is 4.79 Å². The van der Waals surface area contributed by atoms with Gasteiger partial charge in [0, 0.05) is 38.5 Å². The summed E-state index contributed by atoms with van der Waals surface area (Å²) >= 11 is 0. The van der Waals surface area contributed by atoms with Gasteiger partial charge in [0.25, 0.3) is 5.91 Å². The van der Waals surface area contributed by atoms with Crippen LogP contribution in [0.1, 0.15) is 11.4 Å². The fraction of sp³-hybridized carbons (Fsp3) is 0.333. The molecule has 1 N–H and O–H groups in total. The highest BCUT2D eigenvalue weighted by atomic mass is 31.1. The Morgan fingerprint density at radius 2 is 2.04 bits per heavy atom. The van der Waals surface area contributed by atoms with Gasteiger partial charge in [-0.15, -0.1) is 0 Å². The zero-order chi connectivity index (χ0) is 19.3. The monoisotopic (exact) mass is 393 g/mol. The van der Waals surface area contributed by atoms with E-state index >= 15 is 0 Å². The first kappa shape index (κ1) is 17.7. The second-order valence-electron chi connectivity index (χ2n) is 7.65. The number of carbonyl (C=O) groups excluding carboxylic acids is 1. The number of aryl methyl sites for hydroxylation is 1. The Morgan fingerprint density at radius 1 is 1.21 bits per heavy atom. The smallest absolute Gasteiger partial charge is 0.252 e. The summed E-state index contributed by atoms with van der Waals surface area (Å²) < 4.78 is 0. The van der Waals surface area contributed by atoms with Crippen LogP contribution in [-0.2, 0) is 4.79 Å². The van der Waals surface area contributed by atoms with Gasteiger partial charge in [0.2, 0.25) is 0 Å². The maximum Gasteiger partial charge on any atom is 0.252 e. The third-order valence-electron chi connectivity index (χ3n) is 5.63. The van der Waals surface area contributed by atoms with Crippen molar-refractivity contribution in [2.75, 3.05) is 33.2 Å². The summed E-state index contributed by atoms with van der Waals surface area (Å²) in [4.78, 5) is 27.2. The van der Waals surface area contributed by atoms with Gasteiger partial charge >= 0.3 is 0 Å². The van der Waals surface area contributed by atoms with Crippen molar-refractivity contribution in [3.63, 3.8) is 0 Å². The van der Waals surface area contributed by atoms with Crippen LogP contribution in [0.5, 0.6) is 0 Å². The van der Waals surface area contributed by atoms with Gasteiger partial charge in [-0.05, 0) is 43.1 Å². The van der Waals surface area contributed by atoms with Gasteiger partial charge in [-0.2, -0.15) is 0 Å². The van der Waals surface area contributed by atoms with E-state index in [-0.39, 0.29) is 11.7 Å². The summed E-state index contributed by atoms with van der Waals surface area (Å²) in [6, 6.07) is 6.20. The Kier molecular flexibility index (Phi) is 4.33. The number of fused-ring (bicyclic) bond motifs is 2. The molecule has 1 aromatic heterocycles. The zero-order valence-corrected chi connectivity index (χ0v) is 17.1. The third kappa shape index (κ3) is 3.17. The van der Waals surface area contributed by atoms with E-state index in [2.05, 4.69) is 51.1 Å². The summed E-state index contributed by atoms with van der Waals surface area (Å²) in [6.07, 6.45) is 8.23. The van der Waals surface area contributed by atoms with Crippen molar-refractivity contribution in [1.82, 2.24) is 24.7 Å². The molecule has 1 amide bonds. The maximum absolute atomic E-state index is 12.9. The summed E-state index contributed by atoms with van der Waals surface area (Å²) in [6.45, 7) is 6.09. The minimum absolute atomic E-state index is 0.0654. The zero-order valence-electron chi connectivity index (χ0n) is 16.1. The quantitative estimate of drug-likeness (QED) is 0.798. The molecule has 6 nitrogen and oxygen atoms in total. The molecule has 0 aliphatic carbocycles. The van der Waals surface area contributed by atoms with E-state index in [9.17, 15) is 4.79 Å². The van der Waals surface area contributed by atoms with Crippen LogP contribution >= 0.6 is 8.58 Å². The second-order valence-corrected chi connectivity index (χ2v) is 9.07. The van der Waals surface area contributed by atoms with Crippen molar-refractivity contribution >= 4 is 30.8 Å². The van der Waals surface area contributed by atoms with Crippen LogP contribution in [0.3, 0.4) is 0 Å². The molecular formula is C21H24N5OP. The number of imidazole rings is 1. The molecule has 1 aromatic carbocycles.